The summed E-state index contributed by atoms with van der Waals surface area (Å²) in [6, 6.07) is 14.5. The van der Waals surface area contributed by atoms with Gasteiger partial charge in [0.05, 0.1) is 12.2 Å². The fourth-order valence-corrected chi connectivity index (χ4v) is 2.22. The van der Waals surface area contributed by atoms with Gasteiger partial charge in [0.25, 0.3) is 5.91 Å². The summed E-state index contributed by atoms with van der Waals surface area (Å²) < 4.78 is 11.0. The third-order valence-electron chi connectivity index (χ3n) is 3.27. The van der Waals surface area contributed by atoms with E-state index in [1.807, 2.05) is 24.3 Å². The lowest BCUT2D eigenvalue weighted by Gasteiger charge is -2.29. The molecule has 2 aromatic carbocycles. The Morgan fingerprint density at radius 1 is 1.19 bits per heavy atom. The number of rotatable bonds is 3. The lowest BCUT2D eigenvalue weighted by Crippen LogP contribution is -2.40. The molecule has 0 unspecified atom stereocenters. The average Bonchev–Trinajstić information content (AvgIpc) is 2.53. The van der Waals surface area contributed by atoms with Crippen LogP contribution in [-0.2, 0) is 4.79 Å². The van der Waals surface area contributed by atoms with Gasteiger partial charge in [0.2, 0.25) is 0 Å². The van der Waals surface area contributed by atoms with Gasteiger partial charge in [-0.2, -0.15) is 0 Å². The van der Waals surface area contributed by atoms with Crippen LogP contribution >= 0.6 is 0 Å². The highest BCUT2D eigenvalue weighted by molar-refractivity contribution is 5.96. The molecule has 2 N–H and O–H groups in total. The molecule has 108 valence electrons. The van der Waals surface area contributed by atoms with Crippen molar-refractivity contribution in [2.75, 3.05) is 30.4 Å². The molecule has 3 rings (SSSR count). The Morgan fingerprint density at radius 2 is 1.95 bits per heavy atom. The molecule has 0 aromatic heterocycles. The standard InChI is InChI=1S/C16H16N2O3/c17-12-5-7-13(8-6-12)21-11-16(19)18-9-10-20-15-4-2-1-3-14(15)18/h1-8H,9-11,17H2. The van der Waals surface area contributed by atoms with E-state index in [9.17, 15) is 4.79 Å². The smallest absolute Gasteiger partial charge is 0.265 e. The highest BCUT2D eigenvalue weighted by Crippen LogP contribution is 2.30. The Morgan fingerprint density at radius 3 is 2.76 bits per heavy atom. The number of nitrogens with zero attached hydrogens (tertiary/aromatic N) is 1. The summed E-state index contributed by atoms with van der Waals surface area (Å²) in [4.78, 5) is 14.0. The number of carbonyl (C=O) groups is 1. The molecule has 0 saturated carbocycles. The topological polar surface area (TPSA) is 64.8 Å². The van der Waals surface area contributed by atoms with E-state index in [1.165, 1.54) is 0 Å². The van der Waals surface area contributed by atoms with E-state index in [1.54, 1.807) is 29.2 Å². The zero-order chi connectivity index (χ0) is 14.7. The molecule has 0 spiro atoms. The van der Waals surface area contributed by atoms with E-state index < -0.39 is 0 Å². The molecule has 1 amide bonds. The fraction of sp³-hybridized carbons (Fsp3) is 0.188. The highest BCUT2D eigenvalue weighted by atomic mass is 16.5. The summed E-state index contributed by atoms with van der Waals surface area (Å²) in [6.45, 7) is 1.00. The van der Waals surface area contributed by atoms with Gasteiger partial charge in [-0.3, -0.25) is 4.79 Å². The van der Waals surface area contributed by atoms with Crippen molar-refractivity contribution >= 4 is 17.3 Å². The minimum absolute atomic E-state index is 0.0156. The minimum atomic E-state index is -0.0948. The summed E-state index contributed by atoms with van der Waals surface area (Å²) in [7, 11) is 0. The monoisotopic (exact) mass is 284 g/mol. The number of ether oxygens (including phenoxy) is 2. The van der Waals surface area contributed by atoms with Gasteiger partial charge in [-0.15, -0.1) is 0 Å². The zero-order valence-corrected chi connectivity index (χ0v) is 11.5. The number of hydrogen-bond donors (Lipinski definition) is 1. The van der Waals surface area contributed by atoms with Crippen LogP contribution in [0.3, 0.4) is 0 Å². The molecule has 0 aliphatic carbocycles. The van der Waals surface area contributed by atoms with Crippen LogP contribution in [0.4, 0.5) is 11.4 Å². The van der Waals surface area contributed by atoms with E-state index in [4.69, 9.17) is 15.2 Å². The third kappa shape index (κ3) is 2.91. The van der Waals surface area contributed by atoms with Crippen molar-refractivity contribution in [1.29, 1.82) is 0 Å². The van der Waals surface area contributed by atoms with Gasteiger partial charge in [-0.05, 0) is 36.4 Å². The molecular weight excluding hydrogens is 268 g/mol. The van der Waals surface area contributed by atoms with Crippen molar-refractivity contribution in [3.05, 3.63) is 48.5 Å². The maximum absolute atomic E-state index is 12.3. The molecule has 5 heteroatoms. The third-order valence-corrected chi connectivity index (χ3v) is 3.27. The quantitative estimate of drug-likeness (QED) is 0.876. The van der Waals surface area contributed by atoms with Crippen LogP contribution in [0.1, 0.15) is 0 Å². The summed E-state index contributed by atoms with van der Waals surface area (Å²) in [5.74, 6) is 1.26. The second-order valence-corrected chi connectivity index (χ2v) is 4.72. The first-order chi connectivity index (χ1) is 10.2. The molecule has 1 aliphatic heterocycles. The summed E-state index contributed by atoms with van der Waals surface area (Å²) in [6.07, 6.45) is 0. The summed E-state index contributed by atoms with van der Waals surface area (Å²) in [5.41, 5.74) is 7.06. The molecule has 2 aromatic rings. The van der Waals surface area contributed by atoms with Gasteiger partial charge in [0, 0.05) is 5.69 Å². The van der Waals surface area contributed by atoms with Crippen molar-refractivity contribution in [2.24, 2.45) is 0 Å². The van der Waals surface area contributed by atoms with Crippen molar-refractivity contribution in [3.63, 3.8) is 0 Å². The Kier molecular flexibility index (Phi) is 3.64. The second kappa shape index (κ2) is 5.75. The number of fused-ring (bicyclic) bond motifs is 1. The van der Waals surface area contributed by atoms with Crippen molar-refractivity contribution in [3.8, 4) is 11.5 Å². The second-order valence-electron chi connectivity index (χ2n) is 4.72. The minimum Gasteiger partial charge on any atom is -0.490 e. The van der Waals surface area contributed by atoms with Crippen LogP contribution in [0.15, 0.2) is 48.5 Å². The SMILES string of the molecule is Nc1ccc(OCC(=O)N2CCOc3ccccc32)cc1. The van der Waals surface area contributed by atoms with E-state index in [0.29, 0.717) is 24.6 Å². The summed E-state index contributed by atoms with van der Waals surface area (Å²) in [5, 5.41) is 0. The van der Waals surface area contributed by atoms with Crippen LogP contribution in [0.5, 0.6) is 11.5 Å². The molecule has 0 saturated heterocycles. The highest BCUT2D eigenvalue weighted by Gasteiger charge is 2.23. The van der Waals surface area contributed by atoms with E-state index in [2.05, 4.69) is 0 Å². The predicted octanol–water partition coefficient (Wildman–Crippen LogP) is 2.07. The van der Waals surface area contributed by atoms with Crippen molar-refractivity contribution in [2.45, 2.75) is 0 Å². The molecule has 0 fully saturated rings. The largest absolute Gasteiger partial charge is 0.490 e. The number of carbonyl (C=O) groups excluding carboxylic acids is 1. The maximum Gasteiger partial charge on any atom is 0.265 e. The lowest BCUT2D eigenvalue weighted by molar-refractivity contribution is -0.120. The molecule has 1 heterocycles. The number of para-hydroxylation sites is 2. The Bertz CT molecular complexity index is 640. The van der Waals surface area contributed by atoms with E-state index in [-0.39, 0.29) is 12.5 Å². The number of benzene rings is 2. The molecule has 0 radical (unpaired) electrons. The van der Waals surface area contributed by atoms with Crippen LogP contribution in [0, 0.1) is 0 Å². The van der Waals surface area contributed by atoms with Crippen molar-refractivity contribution in [1.82, 2.24) is 0 Å². The van der Waals surface area contributed by atoms with Gasteiger partial charge >= 0.3 is 0 Å². The van der Waals surface area contributed by atoms with Gasteiger partial charge in [0.1, 0.15) is 18.1 Å². The zero-order valence-electron chi connectivity index (χ0n) is 11.5. The van der Waals surface area contributed by atoms with Crippen LogP contribution in [0.2, 0.25) is 0 Å². The van der Waals surface area contributed by atoms with Gasteiger partial charge in [-0.1, -0.05) is 12.1 Å². The lowest BCUT2D eigenvalue weighted by atomic mass is 10.2. The van der Waals surface area contributed by atoms with Crippen LogP contribution in [0.25, 0.3) is 0 Å². The molecule has 0 atom stereocenters. The molecule has 21 heavy (non-hydrogen) atoms. The van der Waals surface area contributed by atoms with Gasteiger partial charge < -0.3 is 20.1 Å². The number of hydrogen-bond acceptors (Lipinski definition) is 4. The maximum atomic E-state index is 12.3. The van der Waals surface area contributed by atoms with Crippen molar-refractivity contribution < 1.29 is 14.3 Å². The first kappa shape index (κ1) is 13.3. The van der Waals surface area contributed by atoms with E-state index >= 15 is 0 Å². The normalized spacial score (nSPS) is 13.2. The molecule has 1 aliphatic rings. The molecule has 5 nitrogen and oxygen atoms in total. The predicted molar refractivity (Wildman–Crippen MR) is 80.6 cm³/mol. The number of amides is 1. The number of anilines is 2. The average molecular weight is 284 g/mol. The Labute approximate surface area is 122 Å². The fourth-order valence-electron chi connectivity index (χ4n) is 2.22. The van der Waals surface area contributed by atoms with Crippen LogP contribution in [-0.4, -0.2) is 25.7 Å². The Balaban J connectivity index is 1.68. The summed E-state index contributed by atoms with van der Waals surface area (Å²) >= 11 is 0. The molecule has 0 bridgehead atoms. The number of nitrogen functional groups attached to an aromatic ring is 1. The van der Waals surface area contributed by atoms with E-state index in [0.717, 1.165) is 11.4 Å². The number of nitrogens with two attached hydrogens (primary N) is 1. The Hall–Kier alpha value is -2.69. The molecular formula is C16H16N2O3. The van der Waals surface area contributed by atoms with Gasteiger partial charge in [-0.25, -0.2) is 0 Å². The van der Waals surface area contributed by atoms with Crippen LogP contribution < -0.4 is 20.1 Å². The first-order valence-electron chi connectivity index (χ1n) is 6.74. The van der Waals surface area contributed by atoms with Gasteiger partial charge in [0.15, 0.2) is 6.61 Å². The first-order valence-corrected chi connectivity index (χ1v) is 6.74.